The van der Waals surface area contributed by atoms with Crippen molar-refractivity contribution < 1.29 is 43.8 Å². The molecule has 0 bridgehead atoms. The van der Waals surface area contributed by atoms with Crippen LogP contribution in [0.2, 0.25) is 0 Å². The van der Waals surface area contributed by atoms with Gasteiger partial charge in [-0.15, -0.1) is 0 Å². The second-order valence-electron chi connectivity index (χ2n) is 6.26. The van der Waals surface area contributed by atoms with Gasteiger partial charge < -0.3 is 9.90 Å². The van der Waals surface area contributed by atoms with Gasteiger partial charge in [0.05, 0.1) is 6.17 Å². The van der Waals surface area contributed by atoms with Crippen molar-refractivity contribution in [3.8, 4) is 0 Å². The summed E-state index contributed by atoms with van der Waals surface area (Å²) in [5.74, 6) is -0.956. The van der Waals surface area contributed by atoms with Crippen LogP contribution in [0.3, 0.4) is 0 Å². The van der Waals surface area contributed by atoms with E-state index in [1.54, 1.807) is 6.92 Å². The third kappa shape index (κ3) is 24.1. The van der Waals surface area contributed by atoms with Crippen LogP contribution in [0.15, 0.2) is 24.3 Å². The fourth-order valence-electron chi connectivity index (χ4n) is 2.41. The van der Waals surface area contributed by atoms with E-state index in [-0.39, 0.29) is 36.0 Å². The number of carbonyl (C=O) groups excluding carboxylic acids is 1. The van der Waals surface area contributed by atoms with E-state index in [1.807, 2.05) is 0 Å². The van der Waals surface area contributed by atoms with Crippen molar-refractivity contribution in [3.05, 3.63) is 24.3 Å². The van der Waals surface area contributed by atoms with E-state index in [0.717, 1.165) is 32.1 Å². The van der Waals surface area contributed by atoms with Crippen LogP contribution in [0.5, 0.6) is 0 Å². The third-order valence-electron chi connectivity index (χ3n) is 3.80. The summed E-state index contributed by atoms with van der Waals surface area (Å²) in [6, 6.07) is 0. The molecule has 0 aromatic rings. The molecule has 24 heavy (non-hydrogen) atoms. The largest absolute Gasteiger partial charge is 1.00 e. The Morgan fingerprint density at radius 1 is 0.833 bits per heavy atom. The molecule has 0 heterocycles. The quantitative estimate of drug-likeness (QED) is 0.244. The number of hydrogen-bond acceptors (Lipinski definition) is 2. The summed E-state index contributed by atoms with van der Waals surface area (Å²) < 4.78 is 12.6. The second kappa shape index (κ2) is 20.9. The summed E-state index contributed by atoms with van der Waals surface area (Å²) in [6.07, 6.45) is 20.8. The molecule has 2 nitrogen and oxygen atoms in total. The third-order valence-corrected chi connectivity index (χ3v) is 3.80. The Balaban J connectivity index is 0. The zero-order valence-electron chi connectivity index (χ0n) is 15.8. The fourth-order valence-corrected chi connectivity index (χ4v) is 2.41. The number of hydrogen-bond donors (Lipinski definition) is 0. The van der Waals surface area contributed by atoms with E-state index >= 15 is 0 Å². The normalized spacial score (nSPS) is 12.6. The Morgan fingerprint density at radius 3 is 1.71 bits per heavy atom. The molecule has 0 fully saturated rings. The predicted molar refractivity (Wildman–Crippen MR) is 93.9 cm³/mol. The zero-order valence-corrected chi connectivity index (χ0v) is 17.8. The van der Waals surface area contributed by atoms with E-state index in [9.17, 15) is 14.3 Å². The molecule has 0 amide bonds. The first-order valence-corrected chi connectivity index (χ1v) is 9.27. The van der Waals surface area contributed by atoms with Gasteiger partial charge in [-0.1, -0.05) is 43.6 Å². The van der Waals surface area contributed by atoms with Crippen molar-refractivity contribution >= 4 is 5.97 Å². The molecule has 0 spiro atoms. The number of aliphatic carboxylic acids is 1. The van der Waals surface area contributed by atoms with Gasteiger partial charge in [-0.25, -0.2) is 4.39 Å². The van der Waals surface area contributed by atoms with Crippen LogP contribution in [-0.2, 0) is 4.79 Å². The molecule has 0 saturated carbocycles. The molecule has 0 aliphatic carbocycles. The van der Waals surface area contributed by atoms with Crippen molar-refractivity contribution in [2.75, 3.05) is 0 Å². The Bertz CT molecular complexity index is 328. The average molecular weight is 348 g/mol. The van der Waals surface area contributed by atoms with Crippen molar-refractivity contribution in [3.63, 3.8) is 0 Å². The molecule has 134 valence electrons. The van der Waals surface area contributed by atoms with Crippen molar-refractivity contribution in [2.45, 2.75) is 96.6 Å². The van der Waals surface area contributed by atoms with Gasteiger partial charge in [0, 0.05) is 5.97 Å². The number of alkyl halides is 1. The van der Waals surface area contributed by atoms with Gasteiger partial charge in [-0.3, -0.25) is 0 Å². The van der Waals surface area contributed by atoms with Gasteiger partial charge in [0.2, 0.25) is 0 Å². The molecule has 0 aliphatic rings. The number of rotatable bonds is 16. The predicted octanol–water partition coefficient (Wildman–Crippen LogP) is 2.28. The summed E-state index contributed by atoms with van der Waals surface area (Å²) in [6.45, 7) is 1.62. The average Bonchev–Trinajstić information content (AvgIpc) is 2.49. The van der Waals surface area contributed by atoms with Crippen LogP contribution in [0.25, 0.3) is 0 Å². The molecule has 0 rings (SSSR count). The van der Waals surface area contributed by atoms with Crippen molar-refractivity contribution in [1.29, 1.82) is 0 Å². The van der Waals surface area contributed by atoms with Gasteiger partial charge in [-0.2, -0.15) is 0 Å². The number of halogens is 1. The van der Waals surface area contributed by atoms with E-state index in [1.165, 1.54) is 32.1 Å². The number of carboxylic acid groups (broad SMARTS) is 1. The van der Waals surface area contributed by atoms with Gasteiger partial charge in [0.25, 0.3) is 0 Å². The second-order valence-corrected chi connectivity index (χ2v) is 6.26. The molecular formula is C20H34FNaO2. The number of carboxylic acids is 1. The molecule has 1 atom stereocenters. The van der Waals surface area contributed by atoms with E-state index in [4.69, 9.17) is 0 Å². The maximum Gasteiger partial charge on any atom is 1.00 e. The molecule has 0 radical (unpaired) electrons. The number of unbranched alkanes of at least 4 members (excludes halogenated alkanes) is 8. The molecule has 0 saturated heterocycles. The first-order valence-electron chi connectivity index (χ1n) is 9.27. The maximum atomic E-state index is 12.6. The Hall–Kier alpha value is -0.120. The minimum absolute atomic E-state index is 0. The maximum absolute atomic E-state index is 12.6. The first kappa shape index (κ1) is 26.1. The van der Waals surface area contributed by atoms with Crippen LogP contribution < -0.4 is 34.7 Å². The molecule has 0 aliphatic heterocycles. The minimum atomic E-state index is -0.956. The number of allylic oxidation sites excluding steroid dienone is 4. The Morgan fingerprint density at radius 2 is 1.25 bits per heavy atom. The van der Waals surface area contributed by atoms with E-state index < -0.39 is 12.1 Å². The van der Waals surface area contributed by atoms with Crippen molar-refractivity contribution in [2.24, 2.45) is 0 Å². The molecule has 0 aromatic heterocycles. The fraction of sp³-hybridized carbons (Fsp3) is 0.750. The van der Waals surface area contributed by atoms with E-state index in [2.05, 4.69) is 24.3 Å². The van der Waals surface area contributed by atoms with Crippen LogP contribution in [0, 0.1) is 0 Å². The van der Waals surface area contributed by atoms with Gasteiger partial charge in [0.1, 0.15) is 0 Å². The zero-order chi connectivity index (χ0) is 17.2. The standard InChI is InChI=1S/C20H35FO2.Na/c1-19(21)17-15-13-11-9-7-5-3-2-4-6-8-10-12-14-16-18-20(22)23;/h9-12,19H,2-8,13-18H2,1H3,(H,22,23);/q;+1/p-1/b11-9-,12-10-;. The Labute approximate surface area is 170 Å². The van der Waals surface area contributed by atoms with Crippen LogP contribution >= 0.6 is 0 Å². The Kier molecular flexibility index (Phi) is 22.8. The van der Waals surface area contributed by atoms with Crippen LogP contribution in [-0.4, -0.2) is 12.1 Å². The summed E-state index contributed by atoms with van der Waals surface area (Å²) in [5.41, 5.74) is 0. The molecular weight excluding hydrogens is 314 g/mol. The van der Waals surface area contributed by atoms with Crippen molar-refractivity contribution in [1.82, 2.24) is 0 Å². The SMILES string of the molecule is CC(F)CCC/C=C\CCCCCCC/C=C\CCCC(=O)[O-].[Na+]. The number of carbonyl (C=O) groups is 1. The van der Waals surface area contributed by atoms with Crippen LogP contribution in [0.4, 0.5) is 4.39 Å². The topological polar surface area (TPSA) is 40.1 Å². The summed E-state index contributed by atoms with van der Waals surface area (Å²) in [7, 11) is 0. The molecule has 0 aromatic carbocycles. The smallest absolute Gasteiger partial charge is 0.550 e. The van der Waals surface area contributed by atoms with Crippen LogP contribution in [0.1, 0.15) is 90.4 Å². The summed E-state index contributed by atoms with van der Waals surface area (Å²) >= 11 is 0. The summed E-state index contributed by atoms with van der Waals surface area (Å²) in [5, 5.41) is 10.2. The molecule has 1 unspecified atom stereocenters. The molecule has 0 N–H and O–H groups in total. The monoisotopic (exact) mass is 348 g/mol. The summed E-state index contributed by atoms with van der Waals surface area (Å²) in [4.78, 5) is 10.2. The van der Waals surface area contributed by atoms with Gasteiger partial charge in [-0.05, 0) is 71.1 Å². The van der Waals surface area contributed by atoms with Gasteiger partial charge in [0.15, 0.2) is 0 Å². The van der Waals surface area contributed by atoms with E-state index in [0.29, 0.717) is 12.8 Å². The molecule has 4 heteroatoms. The van der Waals surface area contributed by atoms with Gasteiger partial charge >= 0.3 is 29.6 Å². The minimum Gasteiger partial charge on any atom is -0.550 e. The first-order chi connectivity index (χ1) is 11.1.